The van der Waals surface area contributed by atoms with Gasteiger partial charge in [-0.2, -0.15) is 0 Å². The Morgan fingerprint density at radius 3 is 2.71 bits per heavy atom. The van der Waals surface area contributed by atoms with E-state index in [1.807, 2.05) is 0 Å². The summed E-state index contributed by atoms with van der Waals surface area (Å²) in [7, 11) is 1.68. The first-order valence-electron chi connectivity index (χ1n) is 5.80. The second-order valence-electron chi connectivity index (χ2n) is 3.90. The molecule has 1 N–H and O–H groups in total. The predicted molar refractivity (Wildman–Crippen MR) is 74.7 cm³/mol. The smallest absolute Gasteiger partial charge is 0.0700 e. The molecular formula is C13H20BrNO2. The fourth-order valence-corrected chi connectivity index (χ4v) is 2.10. The van der Waals surface area contributed by atoms with Gasteiger partial charge in [-0.25, -0.2) is 0 Å². The average Bonchev–Trinajstić information content (AvgIpc) is 2.26. The summed E-state index contributed by atoms with van der Waals surface area (Å²) in [5.74, 6) is 0. The number of methoxy groups -OCH3 is 1. The van der Waals surface area contributed by atoms with Gasteiger partial charge in [0, 0.05) is 30.4 Å². The van der Waals surface area contributed by atoms with Gasteiger partial charge in [0.25, 0.3) is 0 Å². The maximum atomic E-state index is 5.39. The molecule has 0 aliphatic rings. The Bertz CT molecular complexity index is 311. The molecule has 4 heteroatoms. The zero-order valence-corrected chi connectivity index (χ0v) is 12.0. The van der Waals surface area contributed by atoms with E-state index in [1.54, 1.807) is 7.11 Å². The zero-order valence-electron chi connectivity index (χ0n) is 10.5. The lowest BCUT2D eigenvalue weighted by atomic mass is 10.2. The number of halogens is 1. The van der Waals surface area contributed by atoms with Crippen LogP contribution in [0, 0.1) is 6.92 Å². The number of ether oxygens (including phenoxy) is 2. The van der Waals surface area contributed by atoms with Crippen LogP contribution in [0.5, 0.6) is 0 Å². The fourth-order valence-electron chi connectivity index (χ4n) is 1.49. The number of nitrogens with one attached hydrogen (secondary N) is 1. The van der Waals surface area contributed by atoms with E-state index in [-0.39, 0.29) is 0 Å². The van der Waals surface area contributed by atoms with E-state index >= 15 is 0 Å². The summed E-state index contributed by atoms with van der Waals surface area (Å²) in [6, 6.07) is 6.31. The van der Waals surface area contributed by atoms with Gasteiger partial charge in [-0.1, -0.05) is 15.9 Å². The van der Waals surface area contributed by atoms with Crippen molar-refractivity contribution in [2.24, 2.45) is 0 Å². The topological polar surface area (TPSA) is 30.5 Å². The molecule has 0 aromatic heterocycles. The van der Waals surface area contributed by atoms with Crippen molar-refractivity contribution in [1.29, 1.82) is 0 Å². The van der Waals surface area contributed by atoms with Crippen LogP contribution in [0.4, 0.5) is 5.69 Å². The van der Waals surface area contributed by atoms with Crippen LogP contribution in [-0.4, -0.2) is 33.5 Å². The summed E-state index contributed by atoms with van der Waals surface area (Å²) in [6.07, 6.45) is 0.995. The van der Waals surface area contributed by atoms with Crippen molar-refractivity contribution in [2.45, 2.75) is 13.3 Å². The first kappa shape index (κ1) is 14.5. The largest absolute Gasteiger partial charge is 0.385 e. The van der Waals surface area contributed by atoms with Crippen LogP contribution >= 0.6 is 15.9 Å². The third kappa shape index (κ3) is 6.66. The molecule has 0 saturated heterocycles. The Labute approximate surface area is 112 Å². The molecule has 96 valence electrons. The summed E-state index contributed by atoms with van der Waals surface area (Å²) >= 11 is 3.49. The van der Waals surface area contributed by atoms with Crippen molar-refractivity contribution in [1.82, 2.24) is 0 Å². The highest BCUT2D eigenvalue weighted by molar-refractivity contribution is 9.10. The number of aryl methyl sites for hydroxylation is 1. The van der Waals surface area contributed by atoms with Crippen LogP contribution in [0.2, 0.25) is 0 Å². The first-order chi connectivity index (χ1) is 8.22. The third-order valence-electron chi connectivity index (χ3n) is 2.27. The highest BCUT2D eigenvalue weighted by Gasteiger charge is 1.96. The zero-order chi connectivity index (χ0) is 12.5. The summed E-state index contributed by atoms with van der Waals surface area (Å²) in [4.78, 5) is 0. The highest BCUT2D eigenvalue weighted by Crippen LogP contribution is 2.18. The van der Waals surface area contributed by atoms with Crippen LogP contribution in [0.1, 0.15) is 12.0 Å². The number of rotatable bonds is 8. The Balaban J connectivity index is 2.13. The van der Waals surface area contributed by atoms with Crippen molar-refractivity contribution >= 4 is 21.6 Å². The number of hydrogen-bond donors (Lipinski definition) is 1. The van der Waals surface area contributed by atoms with E-state index in [0.717, 1.165) is 29.7 Å². The number of hydrogen-bond acceptors (Lipinski definition) is 3. The average molecular weight is 302 g/mol. The van der Waals surface area contributed by atoms with Gasteiger partial charge in [0.2, 0.25) is 0 Å². The Morgan fingerprint density at radius 2 is 2.00 bits per heavy atom. The molecule has 0 atom stereocenters. The molecule has 1 aromatic rings. The van der Waals surface area contributed by atoms with Crippen molar-refractivity contribution in [2.75, 3.05) is 38.8 Å². The Morgan fingerprint density at radius 1 is 1.18 bits per heavy atom. The highest BCUT2D eigenvalue weighted by atomic mass is 79.9. The van der Waals surface area contributed by atoms with E-state index in [9.17, 15) is 0 Å². The molecule has 0 saturated carbocycles. The number of benzene rings is 1. The van der Waals surface area contributed by atoms with Crippen LogP contribution in [0.25, 0.3) is 0 Å². The fraction of sp³-hybridized carbons (Fsp3) is 0.538. The van der Waals surface area contributed by atoms with Gasteiger partial charge in [0.1, 0.15) is 0 Å². The lowest BCUT2D eigenvalue weighted by Crippen LogP contribution is -2.08. The molecule has 0 amide bonds. The van der Waals surface area contributed by atoms with Crippen molar-refractivity contribution < 1.29 is 9.47 Å². The maximum absolute atomic E-state index is 5.39. The molecule has 0 aliphatic heterocycles. The second kappa shape index (κ2) is 8.50. The molecule has 1 rings (SSSR count). The summed E-state index contributed by atoms with van der Waals surface area (Å²) in [5, 5.41) is 3.38. The summed E-state index contributed by atoms with van der Waals surface area (Å²) < 4.78 is 11.4. The van der Waals surface area contributed by atoms with E-state index in [0.29, 0.717) is 13.2 Å². The standard InChI is InChI=1S/C13H20BrNO2/c1-11-8-12(14)10-13(9-11)15-4-3-5-17-7-6-16-2/h8-10,15H,3-7H2,1-2H3. The molecule has 0 fully saturated rings. The van der Waals surface area contributed by atoms with E-state index in [4.69, 9.17) is 9.47 Å². The molecule has 1 aromatic carbocycles. The van der Waals surface area contributed by atoms with E-state index < -0.39 is 0 Å². The molecule has 0 unspecified atom stereocenters. The van der Waals surface area contributed by atoms with Crippen LogP contribution in [-0.2, 0) is 9.47 Å². The predicted octanol–water partition coefficient (Wildman–Crippen LogP) is 3.22. The molecule has 0 heterocycles. The quantitative estimate of drug-likeness (QED) is 0.748. The van der Waals surface area contributed by atoms with Gasteiger partial charge < -0.3 is 14.8 Å². The number of anilines is 1. The minimum atomic E-state index is 0.665. The lowest BCUT2D eigenvalue weighted by Gasteiger charge is -2.08. The molecule has 3 nitrogen and oxygen atoms in total. The van der Waals surface area contributed by atoms with Crippen LogP contribution < -0.4 is 5.32 Å². The summed E-state index contributed by atoms with van der Waals surface area (Å²) in [5.41, 5.74) is 2.40. The minimum Gasteiger partial charge on any atom is -0.385 e. The maximum Gasteiger partial charge on any atom is 0.0700 e. The SMILES string of the molecule is COCCOCCCNc1cc(C)cc(Br)c1. The van der Waals surface area contributed by atoms with Gasteiger partial charge in [-0.05, 0) is 37.1 Å². The van der Waals surface area contributed by atoms with Crippen molar-refractivity contribution in [3.05, 3.63) is 28.2 Å². The monoisotopic (exact) mass is 301 g/mol. The molecular weight excluding hydrogens is 282 g/mol. The summed E-state index contributed by atoms with van der Waals surface area (Å²) in [6.45, 7) is 5.11. The van der Waals surface area contributed by atoms with Crippen molar-refractivity contribution in [3.8, 4) is 0 Å². The van der Waals surface area contributed by atoms with Gasteiger partial charge >= 0.3 is 0 Å². The minimum absolute atomic E-state index is 0.665. The van der Waals surface area contributed by atoms with Gasteiger partial charge in [-0.15, -0.1) is 0 Å². The normalized spacial score (nSPS) is 10.5. The van der Waals surface area contributed by atoms with Crippen molar-refractivity contribution in [3.63, 3.8) is 0 Å². The Hall–Kier alpha value is -0.580. The first-order valence-corrected chi connectivity index (χ1v) is 6.59. The molecule has 0 aliphatic carbocycles. The third-order valence-corrected chi connectivity index (χ3v) is 2.73. The molecule has 0 spiro atoms. The second-order valence-corrected chi connectivity index (χ2v) is 4.82. The Kier molecular flexibility index (Phi) is 7.24. The van der Waals surface area contributed by atoms with Gasteiger partial charge in [-0.3, -0.25) is 0 Å². The van der Waals surface area contributed by atoms with E-state index in [1.165, 1.54) is 5.56 Å². The lowest BCUT2D eigenvalue weighted by molar-refractivity contribution is 0.0705. The molecule has 0 bridgehead atoms. The molecule has 17 heavy (non-hydrogen) atoms. The molecule has 0 radical (unpaired) electrons. The van der Waals surface area contributed by atoms with Crippen LogP contribution in [0.3, 0.4) is 0 Å². The van der Waals surface area contributed by atoms with Gasteiger partial charge in [0.15, 0.2) is 0 Å². The van der Waals surface area contributed by atoms with Gasteiger partial charge in [0.05, 0.1) is 13.2 Å². The van der Waals surface area contributed by atoms with E-state index in [2.05, 4.69) is 46.4 Å². The van der Waals surface area contributed by atoms with Crippen LogP contribution in [0.15, 0.2) is 22.7 Å².